The smallest absolute Gasteiger partial charge is 0.122 e. The van der Waals surface area contributed by atoms with Crippen LogP contribution in [-0.2, 0) is 13.1 Å². The molecule has 0 radical (unpaired) electrons. The summed E-state index contributed by atoms with van der Waals surface area (Å²) in [6.07, 6.45) is 3.05. The Labute approximate surface area is 104 Å². The molecular formula is C13H23N3O. The number of hydrogen-bond acceptors (Lipinski definition) is 4. The fraction of sp³-hybridized carbons (Fsp3) is 0.692. The summed E-state index contributed by atoms with van der Waals surface area (Å²) in [6, 6.07) is 2.75. The zero-order valence-corrected chi connectivity index (χ0v) is 11.1. The Morgan fingerprint density at radius 1 is 1.53 bits per heavy atom. The molecule has 96 valence electrons. The van der Waals surface area contributed by atoms with Gasteiger partial charge in [-0.2, -0.15) is 0 Å². The van der Waals surface area contributed by atoms with Gasteiger partial charge in [0.05, 0.1) is 12.8 Å². The number of nitrogens with zero attached hydrogens (tertiary/aromatic N) is 2. The minimum atomic E-state index is 0.692. The molecule has 0 spiro atoms. The molecule has 0 amide bonds. The lowest BCUT2D eigenvalue weighted by atomic mass is 10.2. The highest BCUT2D eigenvalue weighted by Crippen LogP contribution is 2.19. The highest BCUT2D eigenvalue weighted by atomic mass is 16.3. The van der Waals surface area contributed by atoms with Gasteiger partial charge in [0.15, 0.2) is 0 Å². The van der Waals surface area contributed by atoms with Crippen molar-refractivity contribution in [2.45, 2.75) is 25.6 Å². The van der Waals surface area contributed by atoms with Crippen LogP contribution in [0.2, 0.25) is 0 Å². The van der Waals surface area contributed by atoms with Gasteiger partial charge in [-0.3, -0.25) is 4.90 Å². The van der Waals surface area contributed by atoms with Gasteiger partial charge >= 0.3 is 0 Å². The fourth-order valence-electron chi connectivity index (χ4n) is 2.43. The third kappa shape index (κ3) is 3.09. The van der Waals surface area contributed by atoms with Gasteiger partial charge in [-0.1, -0.05) is 0 Å². The van der Waals surface area contributed by atoms with Gasteiger partial charge in [0.2, 0.25) is 0 Å². The van der Waals surface area contributed by atoms with Gasteiger partial charge < -0.3 is 14.6 Å². The van der Waals surface area contributed by atoms with E-state index in [1.807, 2.05) is 7.05 Å². The number of likely N-dealkylation sites (N-methyl/N-ethyl adjacent to an activating group) is 1. The maximum Gasteiger partial charge on any atom is 0.122 e. The molecule has 4 nitrogen and oxygen atoms in total. The third-order valence-electron chi connectivity index (χ3n) is 3.55. The van der Waals surface area contributed by atoms with Crippen LogP contribution in [-0.4, -0.2) is 50.1 Å². The molecule has 0 aliphatic carbocycles. The summed E-state index contributed by atoms with van der Waals surface area (Å²) in [5.41, 5.74) is 1.28. The van der Waals surface area contributed by atoms with Crippen molar-refractivity contribution in [2.24, 2.45) is 0 Å². The Hall–Kier alpha value is -0.840. The van der Waals surface area contributed by atoms with Crippen LogP contribution in [0.1, 0.15) is 17.7 Å². The summed E-state index contributed by atoms with van der Waals surface area (Å²) < 4.78 is 5.58. The lowest BCUT2D eigenvalue weighted by molar-refractivity contribution is 0.251. The number of furan rings is 1. The summed E-state index contributed by atoms with van der Waals surface area (Å²) in [7, 11) is 6.29. The van der Waals surface area contributed by atoms with Crippen molar-refractivity contribution in [1.82, 2.24) is 15.1 Å². The molecule has 0 saturated carbocycles. The number of hydrogen-bond donors (Lipinski definition) is 1. The Kier molecular flexibility index (Phi) is 4.20. The first-order valence-corrected chi connectivity index (χ1v) is 6.29. The minimum absolute atomic E-state index is 0.692. The first-order valence-electron chi connectivity index (χ1n) is 6.29. The molecule has 4 heteroatoms. The maximum atomic E-state index is 5.58. The van der Waals surface area contributed by atoms with E-state index in [2.05, 4.69) is 35.3 Å². The van der Waals surface area contributed by atoms with Crippen LogP contribution in [0.5, 0.6) is 0 Å². The first-order chi connectivity index (χ1) is 8.20. The largest absolute Gasteiger partial charge is 0.468 e. The van der Waals surface area contributed by atoms with E-state index >= 15 is 0 Å². The molecule has 2 heterocycles. The Bertz CT molecular complexity index is 348. The Balaban J connectivity index is 1.91. The number of nitrogens with one attached hydrogen (secondary N) is 1. The maximum absolute atomic E-state index is 5.58. The molecule has 1 aliphatic heterocycles. The molecule has 0 bridgehead atoms. The van der Waals surface area contributed by atoms with Crippen molar-refractivity contribution in [3.05, 3.63) is 23.7 Å². The molecule has 17 heavy (non-hydrogen) atoms. The third-order valence-corrected chi connectivity index (χ3v) is 3.55. The molecule has 0 aromatic carbocycles. The highest BCUT2D eigenvalue weighted by Gasteiger charge is 2.24. The molecule has 1 fully saturated rings. The van der Waals surface area contributed by atoms with Crippen LogP contribution in [0, 0.1) is 0 Å². The van der Waals surface area contributed by atoms with Crippen LogP contribution in [0.25, 0.3) is 0 Å². The molecule has 1 N–H and O–H groups in total. The van der Waals surface area contributed by atoms with Crippen molar-refractivity contribution in [1.29, 1.82) is 0 Å². The normalized spacial score (nSPS) is 21.5. The van der Waals surface area contributed by atoms with Gasteiger partial charge in [-0.15, -0.1) is 0 Å². The Morgan fingerprint density at radius 2 is 2.35 bits per heavy atom. The summed E-state index contributed by atoms with van der Waals surface area (Å²) >= 11 is 0. The first kappa shape index (κ1) is 12.6. The second-order valence-corrected chi connectivity index (χ2v) is 5.04. The molecule has 1 saturated heterocycles. The quantitative estimate of drug-likeness (QED) is 0.832. The molecule has 1 unspecified atom stereocenters. The van der Waals surface area contributed by atoms with E-state index in [0.717, 1.165) is 25.4 Å². The molecule has 1 atom stereocenters. The number of likely N-dealkylation sites (tertiary alicyclic amines) is 1. The SMILES string of the molecule is CNCc1ccoc1CN1CCC(N(C)C)C1. The summed E-state index contributed by atoms with van der Waals surface area (Å²) in [5.74, 6) is 1.11. The molecular weight excluding hydrogens is 214 g/mol. The van der Waals surface area contributed by atoms with E-state index in [1.165, 1.54) is 18.5 Å². The van der Waals surface area contributed by atoms with Crippen molar-refractivity contribution < 1.29 is 4.42 Å². The fourth-order valence-corrected chi connectivity index (χ4v) is 2.43. The van der Waals surface area contributed by atoms with Gasteiger partial charge in [-0.25, -0.2) is 0 Å². The van der Waals surface area contributed by atoms with Crippen molar-refractivity contribution in [3.63, 3.8) is 0 Å². The number of rotatable bonds is 5. The zero-order chi connectivity index (χ0) is 12.3. The van der Waals surface area contributed by atoms with Gasteiger partial charge in [0.1, 0.15) is 5.76 Å². The van der Waals surface area contributed by atoms with Crippen LogP contribution in [0.4, 0.5) is 0 Å². The van der Waals surface area contributed by atoms with Gasteiger partial charge in [0, 0.05) is 31.2 Å². The monoisotopic (exact) mass is 237 g/mol. The van der Waals surface area contributed by atoms with Crippen LogP contribution in [0.15, 0.2) is 16.7 Å². The van der Waals surface area contributed by atoms with Crippen LogP contribution >= 0.6 is 0 Å². The summed E-state index contributed by atoms with van der Waals surface area (Å²) in [5, 5.41) is 3.18. The van der Waals surface area contributed by atoms with E-state index in [1.54, 1.807) is 6.26 Å². The van der Waals surface area contributed by atoms with Crippen LogP contribution in [0.3, 0.4) is 0 Å². The standard InChI is InChI=1S/C13H23N3O/c1-14-8-11-5-7-17-13(11)10-16-6-4-12(9-16)15(2)3/h5,7,12,14H,4,6,8-10H2,1-3H3. The minimum Gasteiger partial charge on any atom is -0.468 e. The van der Waals surface area contributed by atoms with E-state index in [-0.39, 0.29) is 0 Å². The molecule has 1 aromatic heterocycles. The zero-order valence-electron chi connectivity index (χ0n) is 11.1. The average molecular weight is 237 g/mol. The van der Waals surface area contributed by atoms with E-state index < -0.39 is 0 Å². The van der Waals surface area contributed by atoms with Crippen molar-refractivity contribution in [2.75, 3.05) is 34.2 Å². The average Bonchev–Trinajstić information content (AvgIpc) is 2.90. The van der Waals surface area contributed by atoms with Gasteiger partial charge in [0.25, 0.3) is 0 Å². The van der Waals surface area contributed by atoms with E-state index in [0.29, 0.717) is 6.04 Å². The molecule has 1 aliphatic rings. The lowest BCUT2D eigenvalue weighted by Crippen LogP contribution is -2.31. The van der Waals surface area contributed by atoms with E-state index in [4.69, 9.17) is 4.42 Å². The predicted octanol–water partition coefficient (Wildman–Crippen LogP) is 1.13. The second kappa shape index (κ2) is 5.67. The summed E-state index contributed by atoms with van der Waals surface area (Å²) in [6.45, 7) is 4.14. The Morgan fingerprint density at radius 3 is 3.00 bits per heavy atom. The summed E-state index contributed by atoms with van der Waals surface area (Å²) in [4.78, 5) is 4.79. The van der Waals surface area contributed by atoms with Gasteiger partial charge in [-0.05, 0) is 33.6 Å². The van der Waals surface area contributed by atoms with Crippen LogP contribution < -0.4 is 5.32 Å². The van der Waals surface area contributed by atoms with Crippen molar-refractivity contribution in [3.8, 4) is 0 Å². The predicted molar refractivity (Wildman–Crippen MR) is 68.8 cm³/mol. The second-order valence-electron chi connectivity index (χ2n) is 5.04. The molecule has 2 rings (SSSR count). The highest BCUT2D eigenvalue weighted by molar-refractivity contribution is 5.16. The van der Waals surface area contributed by atoms with E-state index in [9.17, 15) is 0 Å². The molecule has 1 aromatic rings. The van der Waals surface area contributed by atoms with Crippen molar-refractivity contribution >= 4 is 0 Å². The topological polar surface area (TPSA) is 31.7 Å². The lowest BCUT2D eigenvalue weighted by Gasteiger charge is -2.20.